The summed E-state index contributed by atoms with van der Waals surface area (Å²) in [5.74, 6) is 0. The first-order valence-corrected chi connectivity index (χ1v) is 7.94. The Morgan fingerprint density at radius 2 is 1.58 bits per heavy atom. The molecule has 1 fully saturated rings. The van der Waals surface area contributed by atoms with E-state index in [0.717, 1.165) is 6.61 Å². The summed E-state index contributed by atoms with van der Waals surface area (Å²) in [7, 11) is 0. The molecule has 1 saturated carbocycles. The Hall–Kier alpha value is -0.300. The van der Waals surface area contributed by atoms with E-state index >= 15 is 0 Å². The van der Waals surface area contributed by atoms with Crippen LogP contribution in [-0.2, 0) is 4.74 Å². The van der Waals surface area contributed by atoms with Crippen LogP contribution in [0.1, 0.15) is 80.1 Å². The van der Waals surface area contributed by atoms with Gasteiger partial charge in [0.1, 0.15) is 0 Å². The maximum absolute atomic E-state index is 6.09. The van der Waals surface area contributed by atoms with Gasteiger partial charge < -0.3 is 4.74 Å². The molecule has 0 atom stereocenters. The predicted octanol–water partition coefficient (Wildman–Crippen LogP) is 5.74. The van der Waals surface area contributed by atoms with Gasteiger partial charge in [0.05, 0.1) is 12.2 Å². The summed E-state index contributed by atoms with van der Waals surface area (Å²) >= 11 is 0. The lowest BCUT2D eigenvalue weighted by molar-refractivity contribution is -0.0531. The molecule has 1 nitrogen and oxygen atoms in total. The number of ether oxygens (including phenoxy) is 1. The van der Waals surface area contributed by atoms with Crippen molar-refractivity contribution in [2.24, 2.45) is 10.8 Å². The zero-order valence-electron chi connectivity index (χ0n) is 14.0. The van der Waals surface area contributed by atoms with E-state index in [9.17, 15) is 0 Å². The minimum atomic E-state index is -0.00314. The molecular weight excluding hydrogens is 232 g/mol. The summed E-state index contributed by atoms with van der Waals surface area (Å²) in [5, 5.41) is 0. The lowest BCUT2D eigenvalue weighted by Crippen LogP contribution is -2.30. The van der Waals surface area contributed by atoms with Gasteiger partial charge in [-0.25, -0.2) is 0 Å². The molecule has 112 valence electrons. The predicted molar refractivity (Wildman–Crippen MR) is 84.4 cm³/mol. The topological polar surface area (TPSA) is 9.23 Å². The van der Waals surface area contributed by atoms with E-state index in [1.807, 2.05) is 0 Å². The molecule has 0 spiro atoms. The van der Waals surface area contributed by atoms with E-state index in [-0.39, 0.29) is 5.60 Å². The van der Waals surface area contributed by atoms with Gasteiger partial charge in [-0.15, -0.1) is 0 Å². The van der Waals surface area contributed by atoms with Crippen molar-refractivity contribution < 1.29 is 4.74 Å². The van der Waals surface area contributed by atoms with Gasteiger partial charge in [0, 0.05) is 0 Å². The van der Waals surface area contributed by atoms with E-state index in [2.05, 4.69) is 53.7 Å². The zero-order valence-corrected chi connectivity index (χ0v) is 14.0. The molecular formula is C18H34O. The first-order valence-electron chi connectivity index (χ1n) is 7.94. The highest BCUT2D eigenvalue weighted by Gasteiger charge is 2.34. The third-order valence-electron chi connectivity index (χ3n) is 3.93. The minimum absolute atomic E-state index is 0.00314. The van der Waals surface area contributed by atoms with Crippen molar-refractivity contribution in [2.45, 2.75) is 85.7 Å². The van der Waals surface area contributed by atoms with Crippen molar-refractivity contribution >= 4 is 0 Å². The van der Waals surface area contributed by atoms with Gasteiger partial charge in [-0.1, -0.05) is 45.8 Å². The fourth-order valence-corrected chi connectivity index (χ4v) is 2.79. The largest absolute Gasteiger partial charge is 0.375 e. The van der Waals surface area contributed by atoms with Gasteiger partial charge in [-0.2, -0.15) is 0 Å². The molecule has 0 heterocycles. The third kappa shape index (κ3) is 7.15. The van der Waals surface area contributed by atoms with Crippen LogP contribution in [-0.4, -0.2) is 12.2 Å². The molecule has 0 aromatic rings. The number of allylic oxidation sites excluding steroid dienone is 2. The molecule has 19 heavy (non-hydrogen) atoms. The van der Waals surface area contributed by atoms with E-state index in [0.29, 0.717) is 10.8 Å². The molecule has 0 amide bonds. The average Bonchev–Trinajstić information content (AvgIpc) is 2.69. The van der Waals surface area contributed by atoms with Crippen LogP contribution >= 0.6 is 0 Å². The lowest BCUT2D eigenvalue weighted by atomic mass is 9.82. The highest BCUT2D eigenvalue weighted by Crippen LogP contribution is 2.43. The molecule has 0 aliphatic heterocycles. The fraction of sp³-hybridized carbons (Fsp3) is 0.889. The molecule has 0 aromatic heterocycles. The van der Waals surface area contributed by atoms with Crippen LogP contribution in [0.3, 0.4) is 0 Å². The SMILES string of the molecule is CC(C)(C)C=CCCC1(COC(C)(C)C)CCCC1. The van der Waals surface area contributed by atoms with Crippen molar-refractivity contribution in [3.05, 3.63) is 12.2 Å². The fourth-order valence-electron chi connectivity index (χ4n) is 2.79. The van der Waals surface area contributed by atoms with Crippen molar-refractivity contribution in [3.8, 4) is 0 Å². The van der Waals surface area contributed by atoms with Crippen molar-refractivity contribution in [1.29, 1.82) is 0 Å². The normalized spacial score (nSPS) is 20.3. The number of rotatable bonds is 5. The molecule has 0 unspecified atom stereocenters. The first-order chi connectivity index (χ1) is 8.62. The molecule has 1 aliphatic carbocycles. The maximum atomic E-state index is 6.09. The molecule has 0 aromatic carbocycles. The Morgan fingerprint density at radius 1 is 1.00 bits per heavy atom. The second-order valence-electron chi connectivity index (χ2n) is 8.42. The molecule has 1 rings (SSSR count). The Bertz CT molecular complexity index is 282. The second-order valence-corrected chi connectivity index (χ2v) is 8.42. The summed E-state index contributed by atoms with van der Waals surface area (Å²) in [6.07, 6.45) is 12.7. The molecule has 1 aliphatic rings. The van der Waals surface area contributed by atoms with E-state index < -0.39 is 0 Å². The van der Waals surface area contributed by atoms with E-state index in [1.54, 1.807) is 0 Å². The Morgan fingerprint density at radius 3 is 2.05 bits per heavy atom. The summed E-state index contributed by atoms with van der Waals surface area (Å²) in [4.78, 5) is 0. The van der Waals surface area contributed by atoms with E-state index in [4.69, 9.17) is 4.74 Å². The Labute approximate surface area is 120 Å². The van der Waals surface area contributed by atoms with Gasteiger partial charge in [0.15, 0.2) is 0 Å². The van der Waals surface area contributed by atoms with Gasteiger partial charge in [-0.05, 0) is 57.3 Å². The smallest absolute Gasteiger partial charge is 0.0598 e. The zero-order chi connectivity index (χ0) is 14.6. The molecule has 0 bridgehead atoms. The molecule has 0 N–H and O–H groups in total. The monoisotopic (exact) mass is 266 g/mol. The first kappa shape index (κ1) is 16.8. The number of hydrogen-bond acceptors (Lipinski definition) is 1. The van der Waals surface area contributed by atoms with Crippen molar-refractivity contribution in [3.63, 3.8) is 0 Å². The summed E-state index contributed by atoms with van der Waals surface area (Å²) in [6, 6.07) is 0. The van der Waals surface area contributed by atoms with Gasteiger partial charge in [-0.3, -0.25) is 0 Å². The van der Waals surface area contributed by atoms with Crippen molar-refractivity contribution in [1.82, 2.24) is 0 Å². The second kappa shape index (κ2) is 6.43. The maximum Gasteiger partial charge on any atom is 0.0598 e. The lowest BCUT2D eigenvalue weighted by Gasteiger charge is -2.32. The average molecular weight is 266 g/mol. The summed E-state index contributed by atoms with van der Waals surface area (Å²) < 4.78 is 6.09. The van der Waals surface area contributed by atoms with Crippen LogP contribution < -0.4 is 0 Å². The minimum Gasteiger partial charge on any atom is -0.375 e. The van der Waals surface area contributed by atoms with Crippen LogP contribution in [0, 0.1) is 10.8 Å². The Balaban J connectivity index is 2.46. The van der Waals surface area contributed by atoms with Gasteiger partial charge in [0.25, 0.3) is 0 Å². The standard InChI is InChI=1S/C18H34O/c1-16(2,3)11-7-8-12-18(13-9-10-14-18)15-19-17(4,5)6/h7,11H,8-10,12-15H2,1-6H3. The highest BCUT2D eigenvalue weighted by molar-refractivity contribution is 4.94. The van der Waals surface area contributed by atoms with Crippen molar-refractivity contribution in [2.75, 3.05) is 6.61 Å². The summed E-state index contributed by atoms with van der Waals surface area (Å²) in [5.41, 5.74) is 0.761. The molecule has 0 radical (unpaired) electrons. The Kier molecular flexibility index (Phi) is 5.67. The van der Waals surface area contributed by atoms with E-state index in [1.165, 1.54) is 38.5 Å². The van der Waals surface area contributed by atoms with Crippen LogP contribution in [0.15, 0.2) is 12.2 Å². The van der Waals surface area contributed by atoms with Crippen LogP contribution in [0.2, 0.25) is 0 Å². The molecule has 0 saturated heterocycles. The van der Waals surface area contributed by atoms with Crippen LogP contribution in [0.4, 0.5) is 0 Å². The number of hydrogen-bond donors (Lipinski definition) is 0. The van der Waals surface area contributed by atoms with Crippen LogP contribution in [0.25, 0.3) is 0 Å². The molecule has 1 heteroatoms. The highest BCUT2D eigenvalue weighted by atomic mass is 16.5. The van der Waals surface area contributed by atoms with Gasteiger partial charge in [0.2, 0.25) is 0 Å². The summed E-state index contributed by atoms with van der Waals surface area (Å²) in [6.45, 7) is 14.2. The third-order valence-corrected chi connectivity index (χ3v) is 3.93. The van der Waals surface area contributed by atoms with Gasteiger partial charge >= 0.3 is 0 Å². The quantitative estimate of drug-likeness (QED) is 0.576. The van der Waals surface area contributed by atoms with Crippen LogP contribution in [0.5, 0.6) is 0 Å².